The molecule has 0 radical (unpaired) electrons. The smallest absolute Gasteiger partial charge is 0.259 e. The number of aryl methyl sites for hydroxylation is 2. The van der Waals surface area contributed by atoms with Crippen molar-refractivity contribution in [3.63, 3.8) is 0 Å². The van der Waals surface area contributed by atoms with Crippen molar-refractivity contribution in [2.45, 2.75) is 62.9 Å². The van der Waals surface area contributed by atoms with E-state index in [-0.39, 0.29) is 34.5 Å². The van der Waals surface area contributed by atoms with E-state index < -0.39 is 20.0 Å². The van der Waals surface area contributed by atoms with E-state index >= 15 is 0 Å². The Kier molecular flexibility index (Phi) is 8.88. The molecular formula is C30H40IN5O4S3. The first-order chi connectivity index (χ1) is 20.2. The number of rotatable bonds is 8. The highest BCUT2D eigenvalue weighted by molar-refractivity contribution is 7.90. The van der Waals surface area contributed by atoms with E-state index in [4.69, 9.17) is 4.98 Å². The molecule has 1 aromatic heterocycles. The molecule has 4 aliphatic rings. The predicted octanol–water partition coefficient (Wildman–Crippen LogP) is 1.09. The van der Waals surface area contributed by atoms with Crippen LogP contribution in [0.1, 0.15) is 50.7 Å². The molecule has 3 heterocycles. The van der Waals surface area contributed by atoms with Crippen LogP contribution in [0.15, 0.2) is 24.3 Å². The maximum atomic E-state index is 12.7. The number of hydrogen-bond donors (Lipinski definition) is 0. The summed E-state index contributed by atoms with van der Waals surface area (Å²) in [7, 11) is -6.27. The van der Waals surface area contributed by atoms with E-state index in [1.165, 1.54) is 11.1 Å². The molecule has 2 saturated carbocycles. The van der Waals surface area contributed by atoms with Crippen molar-refractivity contribution >= 4 is 63.2 Å². The summed E-state index contributed by atoms with van der Waals surface area (Å²) in [6.45, 7) is 9.26. The summed E-state index contributed by atoms with van der Waals surface area (Å²) in [4.78, 5) is 9.87. The first-order valence-corrected chi connectivity index (χ1v) is 19.2. The van der Waals surface area contributed by atoms with Crippen LogP contribution in [0.4, 0.5) is 11.4 Å². The Morgan fingerprint density at radius 3 is 1.35 bits per heavy atom. The first kappa shape index (κ1) is 31.6. The van der Waals surface area contributed by atoms with Gasteiger partial charge in [-0.1, -0.05) is 13.8 Å². The van der Waals surface area contributed by atoms with Crippen LogP contribution >= 0.6 is 11.3 Å². The largest absolute Gasteiger partial charge is 1.00 e. The van der Waals surface area contributed by atoms with Crippen molar-refractivity contribution in [2.75, 3.05) is 62.2 Å². The number of nitrogens with zero attached hydrogens (tertiary/aromatic N) is 5. The van der Waals surface area contributed by atoms with Crippen LogP contribution in [0.3, 0.4) is 0 Å². The second kappa shape index (κ2) is 12.1. The highest BCUT2D eigenvalue weighted by atomic mass is 127. The number of piperazine rings is 2. The normalized spacial score (nSPS) is 21.0. The van der Waals surface area contributed by atoms with Gasteiger partial charge in [-0.05, 0) is 61.8 Å². The first-order valence-electron chi connectivity index (χ1n) is 15.4. The maximum absolute atomic E-state index is 12.7. The SMILES string of the molecule is CCc1cc(N2CCN(S(=O)(=O)C3CC3)CC2)cc2[s+]c3cc(N4CCN(S(=O)(=O)C5CC5)CC4)cc(CC)c3nc12.[I-]. The van der Waals surface area contributed by atoms with Gasteiger partial charge in [0.05, 0.1) is 10.5 Å². The topological polar surface area (TPSA) is 94.1 Å². The highest BCUT2D eigenvalue weighted by Gasteiger charge is 2.42. The average Bonchev–Trinajstić information content (AvgIpc) is 3.91. The fourth-order valence-corrected chi connectivity index (χ4v) is 11.2. The molecule has 0 bridgehead atoms. The Bertz CT molecular complexity index is 1620. The molecule has 0 atom stereocenters. The minimum Gasteiger partial charge on any atom is -1.00 e. The highest BCUT2D eigenvalue weighted by Crippen LogP contribution is 2.38. The minimum atomic E-state index is -3.14. The van der Waals surface area contributed by atoms with E-state index in [2.05, 4.69) is 47.9 Å². The molecule has 234 valence electrons. The number of fused-ring (bicyclic) bond motifs is 2. The molecule has 7 rings (SSSR count). The Morgan fingerprint density at radius 1 is 0.651 bits per heavy atom. The van der Waals surface area contributed by atoms with Gasteiger partial charge < -0.3 is 33.8 Å². The molecule has 43 heavy (non-hydrogen) atoms. The molecule has 2 aliphatic carbocycles. The van der Waals surface area contributed by atoms with Crippen LogP contribution in [0.25, 0.3) is 20.4 Å². The molecular weight excluding hydrogens is 717 g/mol. The monoisotopic (exact) mass is 757 g/mol. The molecule has 2 aromatic carbocycles. The van der Waals surface area contributed by atoms with Gasteiger partial charge >= 0.3 is 0 Å². The third kappa shape index (κ3) is 5.98. The fraction of sp³-hybridized carbons (Fsp3) is 0.600. The van der Waals surface area contributed by atoms with E-state index in [9.17, 15) is 16.8 Å². The van der Waals surface area contributed by atoms with Crippen LogP contribution in [-0.4, -0.2) is 93.3 Å². The molecule has 2 aliphatic heterocycles. The maximum Gasteiger partial charge on any atom is 0.259 e. The summed E-state index contributed by atoms with van der Waals surface area (Å²) < 4.78 is 56.6. The predicted molar refractivity (Wildman–Crippen MR) is 172 cm³/mol. The van der Waals surface area contributed by atoms with Crippen molar-refractivity contribution in [3.05, 3.63) is 35.4 Å². The summed E-state index contributed by atoms with van der Waals surface area (Å²) >= 11 is 1.77. The summed E-state index contributed by atoms with van der Waals surface area (Å²) in [5.41, 5.74) is 6.81. The van der Waals surface area contributed by atoms with Crippen LogP contribution in [0, 0.1) is 0 Å². The van der Waals surface area contributed by atoms with Crippen LogP contribution in [0.2, 0.25) is 0 Å². The Morgan fingerprint density at radius 2 is 1.02 bits per heavy atom. The van der Waals surface area contributed by atoms with Gasteiger partial charge in [0.2, 0.25) is 31.4 Å². The number of benzene rings is 2. The van der Waals surface area contributed by atoms with Crippen LogP contribution in [-0.2, 0) is 32.9 Å². The Labute approximate surface area is 276 Å². The van der Waals surface area contributed by atoms with E-state index in [0.29, 0.717) is 52.4 Å². The molecule has 4 fully saturated rings. The molecule has 9 nitrogen and oxygen atoms in total. The number of halogens is 1. The van der Waals surface area contributed by atoms with Gasteiger partial charge in [0.25, 0.3) is 9.40 Å². The number of sulfonamides is 2. The summed E-state index contributed by atoms with van der Waals surface area (Å²) in [5.74, 6) is 0. The zero-order chi connectivity index (χ0) is 29.2. The Balaban J connectivity index is 0.00000329. The summed E-state index contributed by atoms with van der Waals surface area (Å²) in [6.07, 6.45) is 4.95. The van der Waals surface area contributed by atoms with E-state index in [0.717, 1.165) is 70.3 Å². The number of anilines is 2. The molecule has 13 heteroatoms. The number of hydrogen-bond acceptors (Lipinski definition) is 7. The lowest BCUT2D eigenvalue weighted by Gasteiger charge is -2.35. The van der Waals surface area contributed by atoms with Gasteiger partial charge in [-0.15, -0.1) is 0 Å². The lowest BCUT2D eigenvalue weighted by atomic mass is 10.1. The fourth-order valence-electron chi connectivity index (χ4n) is 6.40. The van der Waals surface area contributed by atoms with Gasteiger partial charge in [-0.2, -0.15) is 8.61 Å². The lowest BCUT2D eigenvalue weighted by molar-refractivity contribution is -0.0000134. The van der Waals surface area contributed by atoms with Gasteiger partial charge in [-0.3, -0.25) is 0 Å². The lowest BCUT2D eigenvalue weighted by Crippen LogP contribution is -3.00. The molecule has 0 amide bonds. The van der Waals surface area contributed by atoms with Crippen molar-refractivity contribution in [1.82, 2.24) is 13.6 Å². The molecule has 0 spiro atoms. The van der Waals surface area contributed by atoms with Crippen LogP contribution < -0.4 is 33.8 Å². The van der Waals surface area contributed by atoms with Gasteiger partial charge in [0.15, 0.2) is 0 Å². The second-order valence-electron chi connectivity index (χ2n) is 12.1. The van der Waals surface area contributed by atoms with Crippen molar-refractivity contribution < 1.29 is 40.8 Å². The third-order valence-electron chi connectivity index (χ3n) is 9.30. The van der Waals surface area contributed by atoms with Gasteiger partial charge in [0.1, 0.15) is 11.0 Å². The second-order valence-corrected chi connectivity index (χ2v) is 17.6. The average molecular weight is 758 g/mol. The molecule has 0 unspecified atom stereocenters. The van der Waals surface area contributed by atoms with Gasteiger partial charge in [-0.25, -0.2) is 21.8 Å². The van der Waals surface area contributed by atoms with Gasteiger partial charge in [0, 0.05) is 75.9 Å². The van der Waals surface area contributed by atoms with Crippen molar-refractivity contribution in [2.24, 2.45) is 0 Å². The molecule has 3 aromatic rings. The van der Waals surface area contributed by atoms with Crippen molar-refractivity contribution in [3.8, 4) is 0 Å². The third-order valence-corrected chi connectivity index (χ3v) is 15.2. The Hall–Kier alpha value is -1.39. The quantitative estimate of drug-likeness (QED) is 0.193. The van der Waals surface area contributed by atoms with Crippen LogP contribution in [0.5, 0.6) is 0 Å². The summed E-state index contributed by atoms with van der Waals surface area (Å²) in [6, 6.07) is 8.95. The zero-order valence-electron chi connectivity index (χ0n) is 24.8. The van der Waals surface area contributed by atoms with Crippen molar-refractivity contribution in [1.29, 1.82) is 0 Å². The molecule has 2 saturated heterocycles. The summed E-state index contributed by atoms with van der Waals surface area (Å²) in [5, 5.41) is -0.315. The molecule has 0 N–H and O–H groups in total. The van der Waals surface area contributed by atoms with E-state index in [1.54, 1.807) is 19.9 Å². The zero-order valence-corrected chi connectivity index (χ0v) is 29.4. The minimum absolute atomic E-state index is 0. The van der Waals surface area contributed by atoms with E-state index in [1.807, 2.05) is 0 Å². The number of aromatic nitrogens is 1. The standard InChI is InChI=1S/C30H40N5O4S3.HI/c1-3-21-17-23(32-9-13-34(14-10-32)41(36,37)25-5-6-25)19-27-29(21)31-30-22(4-2)18-24(20-28(30)40-27)33-11-15-35(16-12-33)42(38,39)26-7-8-26;/h17-20,25-26H,3-16H2,1-2H3;1H/q+1;/p-1.